The molecule has 0 unspecified atom stereocenters. The van der Waals surface area contributed by atoms with E-state index in [-0.39, 0.29) is 24.7 Å². The van der Waals surface area contributed by atoms with E-state index in [1.807, 2.05) is 0 Å². The Kier molecular flexibility index (Phi) is 7.90. The van der Waals surface area contributed by atoms with Crippen molar-refractivity contribution in [3.8, 4) is 0 Å². The molecule has 2 rings (SSSR count). The molecule has 0 aromatic heterocycles. The molecule has 0 spiro atoms. The zero-order valence-electron chi connectivity index (χ0n) is 17.2. The second kappa shape index (κ2) is 9.87. The van der Waals surface area contributed by atoms with E-state index in [1.54, 1.807) is 30.3 Å². The number of nitrogens with zero attached hydrogens (tertiary/aromatic N) is 1. The van der Waals surface area contributed by atoms with E-state index >= 15 is 0 Å². The summed E-state index contributed by atoms with van der Waals surface area (Å²) < 4.78 is 80.0. The minimum atomic E-state index is -5.01. The molecule has 32 heavy (non-hydrogen) atoms. The summed E-state index contributed by atoms with van der Waals surface area (Å²) in [4.78, 5) is 14.0. The highest BCUT2D eigenvalue weighted by Gasteiger charge is 2.41. The van der Waals surface area contributed by atoms with Gasteiger partial charge in [-0.25, -0.2) is 0 Å². The summed E-state index contributed by atoms with van der Waals surface area (Å²) in [6.45, 7) is 5.07. The number of carbonyl (C=O) groups excluding carboxylic acids is 1. The van der Waals surface area contributed by atoms with Crippen molar-refractivity contribution in [2.24, 2.45) is 0 Å². The van der Waals surface area contributed by atoms with Gasteiger partial charge < -0.3 is 9.90 Å². The van der Waals surface area contributed by atoms with Crippen LogP contribution in [0, 0.1) is 0 Å². The van der Waals surface area contributed by atoms with E-state index in [0.29, 0.717) is 24.0 Å². The number of benzene rings is 2. The van der Waals surface area contributed by atoms with Crippen LogP contribution in [-0.4, -0.2) is 35.5 Å². The molecule has 0 heterocycles. The maximum atomic E-state index is 13.3. The maximum Gasteiger partial charge on any atom is 0.416 e. The van der Waals surface area contributed by atoms with Crippen LogP contribution in [0.5, 0.6) is 0 Å². The lowest BCUT2D eigenvalue weighted by Gasteiger charge is -2.41. The van der Waals surface area contributed by atoms with Crippen molar-refractivity contribution >= 4 is 6.29 Å². The van der Waals surface area contributed by atoms with Crippen molar-refractivity contribution in [3.05, 3.63) is 83.4 Å². The van der Waals surface area contributed by atoms with Gasteiger partial charge in [-0.15, -0.1) is 6.58 Å². The molecule has 174 valence electrons. The largest absolute Gasteiger partial charge is 0.416 e. The molecule has 0 amide bonds. The van der Waals surface area contributed by atoms with Gasteiger partial charge in [-0.3, -0.25) is 4.90 Å². The third kappa shape index (κ3) is 5.98. The van der Waals surface area contributed by atoms with Crippen molar-refractivity contribution < 1.29 is 36.2 Å². The van der Waals surface area contributed by atoms with Gasteiger partial charge in [0, 0.05) is 19.5 Å². The Labute approximate surface area is 182 Å². The fraction of sp³-hybridized carbons (Fsp3) is 0.348. The first kappa shape index (κ1) is 25.6. The standard InChI is InChI=1S/C23H23F6NO2/c1-3-9-30(14-16(2)32)21(15-31,18-7-5-4-6-8-18)13-17-10-19(22(24,25)26)12-20(11-17)23(27,28)29/h3-8,10-12,15-16,32H,1,9,13-14H2,2H3/t16-,21-/m0/s1. The monoisotopic (exact) mass is 459 g/mol. The lowest BCUT2D eigenvalue weighted by atomic mass is 9.82. The molecule has 0 radical (unpaired) electrons. The van der Waals surface area contributed by atoms with Gasteiger partial charge in [0.25, 0.3) is 0 Å². The Morgan fingerprint density at radius 2 is 1.50 bits per heavy atom. The average molecular weight is 459 g/mol. The first-order valence-corrected chi connectivity index (χ1v) is 9.67. The molecule has 1 N–H and O–H groups in total. The molecule has 2 aromatic carbocycles. The normalized spacial score (nSPS) is 15.3. The highest BCUT2D eigenvalue weighted by atomic mass is 19.4. The zero-order chi connectivity index (χ0) is 24.2. The summed E-state index contributed by atoms with van der Waals surface area (Å²) in [7, 11) is 0. The molecule has 0 saturated heterocycles. The number of aldehydes is 1. The summed E-state index contributed by atoms with van der Waals surface area (Å²) in [6, 6.07) is 9.28. The predicted molar refractivity (Wildman–Crippen MR) is 108 cm³/mol. The fourth-order valence-electron chi connectivity index (χ4n) is 3.62. The van der Waals surface area contributed by atoms with Crippen LogP contribution in [0.1, 0.15) is 29.2 Å². The predicted octanol–water partition coefficient (Wildman–Crippen LogP) is 5.23. The summed E-state index contributed by atoms with van der Waals surface area (Å²) in [5, 5.41) is 9.93. The molecule has 2 aromatic rings. The summed E-state index contributed by atoms with van der Waals surface area (Å²) >= 11 is 0. The van der Waals surface area contributed by atoms with Gasteiger partial charge in [0.1, 0.15) is 11.8 Å². The molecular weight excluding hydrogens is 436 g/mol. The molecule has 0 saturated carbocycles. The molecule has 3 nitrogen and oxygen atoms in total. The Morgan fingerprint density at radius 1 is 0.969 bits per heavy atom. The van der Waals surface area contributed by atoms with Crippen LogP contribution in [-0.2, 0) is 29.1 Å². The quantitative estimate of drug-likeness (QED) is 0.317. The van der Waals surface area contributed by atoms with Crippen molar-refractivity contribution in [2.75, 3.05) is 13.1 Å². The Morgan fingerprint density at radius 3 is 1.91 bits per heavy atom. The second-order valence-electron chi connectivity index (χ2n) is 7.54. The van der Waals surface area contributed by atoms with Gasteiger partial charge in [-0.2, -0.15) is 26.3 Å². The van der Waals surface area contributed by atoms with Gasteiger partial charge in [-0.05, 0) is 36.2 Å². The van der Waals surface area contributed by atoms with E-state index in [9.17, 15) is 36.2 Å². The highest BCUT2D eigenvalue weighted by Crippen LogP contribution is 2.39. The van der Waals surface area contributed by atoms with Gasteiger partial charge in [0.15, 0.2) is 0 Å². The Bertz CT molecular complexity index is 892. The number of rotatable bonds is 9. The molecular formula is C23H23F6NO2. The molecule has 0 aliphatic rings. The summed E-state index contributed by atoms with van der Waals surface area (Å²) in [5.41, 5.74) is -4.51. The van der Waals surface area contributed by atoms with E-state index in [0.717, 1.165) is 0 Å². The van der Waals surface area contributed by atoms with Crippen LogP contribution < -0.4 is 0 Å². The zero-order valence-corrected chi connectivity index (χ0v) is 17.2. The molecule has 9 heteroatoms. The first-order chi connectivity index (χ1) is 14.8. The molecule has 0 fully saturated rings. The van der Waals surface area contributed by atoms with Crippen molar-refractivity contribution in [1.29, 1.82) is 0 Å². The number of halogens is 6. The summed E-state index contributed by atoms with van der Waals surface area (Å²) in [6.07, 6.45) is -9.49. The van der Waals surface area contributed by atoms with Gasteiger partial charge in [0.05, 0.1) is 17.2 Å². The minimum absolute atomic E-state index is 0.0475. The number of hydrogen-bond donors (Lipinski definition) is 1. The van der Waals surface area contributed by atoms with Crippen LogP contribution in [0.3, 0.4) is 0 Å². The molecule has 0 bridgehead atoms. The fourth-order valence-corrected chi connectivity index (χ4v) is 3.62. The number of aliphatic hydroxyl groups is 1. The molecule has 0 aliphatic heterocycles. The topological polar surface area (TPSA) is 40.5 Å². The number of aliphatic hydroxyl groups excluding tert-OH is 1. The van der Waals surface area contributed by atoms with E-state index in [1.165, 1.54) is 17.9 Å². The van der Waals surface area contributed by atoms with Crippen LogP contribution in [0.2, 0.25) is 0 Å². The number of hydrogen-bond acceptors (Lipinski definition) is 3. The SMILES string of the molecule is C=CCN(C[C@H](C)O)[C@](C=O)(Cc1cc(C(F)(F)F)cc(C(F)(F)F)c1)c1ccccc1. The van der Waals surface area contributed by atoms with E-state index in [2.05, 4.69) is 6.58 Å². The van der Waals surface area contributed by atoms with Crippen LogP contribution in [0.15, 0.2) is 61.2 Å². The highest BCUT2D eigenvalue weighted by molar-refractivity contribution is 5.69. The maximum absolute atomic E-state index is 13.3. The van der Waals surface area contributed by atoms with Crippen molar-refractivity contribution in [1.82, 2.24) is 4.90 Å². The minimum Gasteiger partial charge on any atom is -0.392 e. The molecule has 0 aliphatic carbocycles. The Hall–Kier alpha value is -2.65. The smallest absolute Gasteiger partial charge is 0.392 e. The van der Waals surface area contributed by atoms with Crippen LogP contribution in [0.25, 0.3) is 0 Å². The first-order valence-electron chi connectivity index (χ1n) is 9.67. The lowest BCUT2D eigenvalue weighted by molar-refractivity contribution is -0.143. The third-order valence-electron chi connectivity index (χ3n) is 4.99. The van der Waals surface area contributed by atoms with Gasteiger partial charge in [-0.1, -0.05) is 36.4 Å². The number of alkyl halides is 6. The van der Waals surface area contributed by atoms with Gasteiger partial charge in [0.2, 0.25) is 0 Å². The second-order valence-corrected chi connectivity index (χ2v) is 7.54. The average Bonchev–Trinajstić information content (AvgIpc) is 2.70. The van der Waals surface area contributed by atoms with Crippen LogP contribution >= 0.6 is 0 Å². The van der Waals surface area contributed by atoms with Crippen LogP contribution in [0.4, 0.5) is 26.3 Å². The summed E-state index contributed by atoms with van der Waals surface area (Å²) in [5.74, 6) is 0. The van der Waals surface area contributed by atoms with Crippen molar-refractivity contribution in [2.45, 2.75) is 37.3 Å². The van der Waals surface area contributed by atoms with Crippen molar-refractivity contribution in [3.63, 3.8) is 0 Å². The molecule has 2 atom stereocenters. The van der Waals surface area contributed by atoms with E-state index < -0.39 is 41.5 Å². The van der Waals surface area contributed by atoms with E-state index in [4.69, 9.17) is 0 Å². The Balaban J connectivity index is 2.73. The number of carbonyl (C=O) groups is 1. The van der Waals surface area contributed by atoms with Gasteiger partial charge >= 0.3 is 12.4 Å². The third-order valence-corrected chi connectivity index (χ3v) is 4.99. The lowest BCUT2D eigenvalue weighted by Crippen LogP contribution is -2.51.